The number of benzene rings is 1. The molecule has 0 atom stereocenters. The maximum atomic E-state index is 12.3. The van der Waals surface area contributed by atoms with Gasteiger partial charge in [-0.2, -0.15) is 0 Å². The minimum absolute atomic E-state index is 0.0628. The van der Waals surface area contributed by atoms with Gasteiger partial charge in [0.25, 0.3) is 10.0 Å². The molecule has 1 aromatic heterocycles. The van der Waals surface area contributed by atoms with Crippen molar-refractivity contribution in [3.63, 3.8) is 0 Å². The summed E-state index contributed by atoms with van der Waals surface area (Å²) in [6, 6.07) is 7.53. The highest BCUT2D eigenvalue weighted by Gasteiger charge is 2.18. The van der Waals surface area contributed by atoms with Crippen LogP contribution in [-0.4, -0.2) is 20.4 Å². The topological polar surface area (TPSA) is 71.1 Å². The molecule has 2 N–H and O–H groups in total. The lowest BCUT2D eigenvalue weighted by Crippen LogP contribution is -2.14. The molecule has 2 aromatic rings. The van der Waals surface area contributed by atoms with Gasteiger partial charge in [-0.3, -0.25) is 4.72 Å². The van der Waals surface area contributed by atoms with Crippen molar-refractivity contribution in [2.45, 2.75) is 4.90 Å². The van der Waals surface area contributed by atoms with Gasteiger partial charge in [0.05, 0.1) is 20.6 Å². The quantitative estimate of drug-likeness (QED) is 0.902. The molecule has 2 rings (SSSR count). The van der Waals surface area contributed by atoms with Crippen LogP contribution in [0.15, 0.2) is 41.4 Å². The first-order chi connectivity index (χ1) is 9.44. The van der Waals surface area contributed by atoms with Crippen LogP contribution in [0.1, 0.15) is 0 Å². The first-order valence-corrected chi connectivity index (χ1v) is 7.78. The number of nitrogens with zero attached hydrogens (tertiary/aromatic N) is 1. The molecular weight excluding hydrogens is 321 g/mol. The van der Waals surface area contributed by atoms with Crippen LogP contribution >= 0.6 is 23.2 Å². The van der Waals surface area contributed by atoms with Gasteiger partial charge in [0.1, 0.15) is 5.82 Å². The van der Waals surface area contributed by atoms with Crippen molar-refractivity contribution in [1.82, 2.24) is 4.98 Å². The highest BCUT2D eigenvalue weighted by atomic mass is 35.5. The van der Waals surface area contributed by atoms with Gasteiger partial charge in [0.2, 0.25) is 0 Å². The Labute approximate surface area is 127 Å². The third-order valence-corrected chi connectivity index (χ3v) is 4.47. The van der Waals surface area contributed by atoms with Crippen molar-refractivity contribution in [3.8, 4) is 0 Å². The number of nitrogens with one attached hydrogen (secondary N) is 2. The van der Waals surface area contributed by atoms with Crippen LogP contribution in [0.25, 0.3) is 0 Å². The fraction of sp³-hybridized carbons (Fsp3) is 0.0833. The molecule has 0 aliphatic carbocycles. The Balaban J connectivity index is 2.41. The van der Waals surface area contributed by atoms with E-state index < -0.39 is 10.0 Å². The van der Waals surface area contributed by atoms with E-state index in [1.807, 2.05) is 0 Å². The van der Waals surface area contributed by atoms with Crippen LogP contribution in [0.2, 0.25) is 10.0 Å². The monoisotopic (exact) mass is 331 g/mol. The second-order valence-electron chi connectivity index (χ2n) is 3.83. The average Bonchev–Trinajstić information content (AvgIpc) is 2.43. The molecule has 1 aromatic carbocycles. The summed E-state index contributed by atoms with van der Waals surface area (Å²) in [7, 11) is -2.14. The molecule has 0 aliphatic rings. The molecule has 20 heavy (non-hydrogen) atoms. The van der Waals surface area contributed by atoms with Crippen molar-refractivity contribution in [2.75, 3.05) is 17.1 Å². The molecule has 0 radical (unpaired) electrons. The van der Waals surface area contributed by atoms with Crippen LogP contribution in [0.5, 0.6) is 0 Å². The van der Waals surface area contributed by atoms with Crippen LogP contribution in [-0.2, 0) is 10.0 Å². The third kappa shape index (κ3) is 3.15. The van der Waals surface area contributed by atoms with Crippen molar-refractivity contribution in [3.05, 3.63) is 46.6 Å². The zero-order valence-electron chi connectivity index (χ0n) is 10.4. The van der Waals surface area contributed by atoms with E-state index in [9.17, 15) is 8.42 Å². The summed E-state index contributed by atoms with van der Waals surface area (Å²) in [5.74, 6) is 0.443. The molecule has 1 heterocycles. The maximum absolute atomic E-state index is 12.3. The van der Waals surface area contributed by atoms with Gasteiger partial charge < -0.3 is 5.32 Å². The molecule has 0 amide bonds. The minimum Gasteiger partial charge on any atom is -0.373 e. The van der Waals surface area contributed by atoms with Crippen molar-refractivity contribution >= 4 is 44.7 Å². The number of para-hydroxylation sites is 1. The Morgan fingerprint density at radius 3 is 2.40 bits per heavy atom. The summed E-state index contributed by atoms with van der Waals surface area (Å²) in [5.41, 5.74) is 0.152. The van der Waals surface area contributed by atoms with E-state index in [2.05, 4.69) is 15.0 Å². The molecule has 5 nitrogen and oxygen atoms in total. The van der Waals surface area contributed by atoms with E-state index in [0.717, 1.165) is 0 Å². The number of hydrogen-bond donors (Lipinski definition) is 2. The largest absolute Gasteiger partial charge is 0.373 e. The van der Waals surface area contributed by atoms with Gasteiger partial charge in [-0.05, 0) is 18.2 Å². The highest BCUT2D eigenvalue weighted by Crippen LogP contribution is 2.31. The lowest BCUT2D eigenvalue weighted by atomic mass is 10.3. The Kier molecular flexibility index (Phi) is 4.37. The van der Waals surface area contributed by atoms with Gasteiger partial charge in [0.15, 0.2) is 0 Å². The van der Waals surface area contributed by atoms with Crippen LogP contribution in [0, 0.1) is 0 Å². The molecule has 0 saturated heterocycles. The lowest BCUT2D eigenvalue weighted by Gasteiger charge is -2.11. The zero-order chi connectivity index (χ0) is 14.8. The molecule has 0 spiro atoms. The second kappa shape index (κ2) is 5.87. The standard InChI is InChI=1S/C12H11Cl2N3O2S/c1-15-11-7-8(5-6-16-11)20(18,19)17-12-9(13)3-2-4-10(12)14/h2-7,17H,1H3,(H,15,16). The highest BCUT2D eigenvalue weighted by molar-refractivity contribution is 7.92. The van der Waals surface area contributed by atoms with E-state index in [1.165, 1.54) is 18.3 Å². The predicted molar refractivity (Wildman–Crippen MR) is 81.1 cm³/mol. The SMILES string of the molecule is CNc1cc(S(=O)(=O)Nc2c(Cl)cccc2Cl)ccn1. The van der Waals surface area contributed by atoms with Crippen molar-refractivity contribution < 1.29 is 8.42 Å². The summed E-state index contributed by atoms with van der Waals surface area (Å²) in [4.78, 5) is 4.02. The van der Waals surface area contributed by atoms with Crippen LogP contribution < -0.4 is 10.0 Å². The van der Waals surface area contributed by atoms with Gasteiger partial charge in [0, 0.05) is 19.3 Å². The summed E-state index contributed by atoms with van der Waals surface area (Å²) in [6.07, 6.45) is 1.40. The summed E-state index contributed by atoms with van der Waals surface area (Å²) >= 11 is 11.9. The Hall–Kier alpha value is -1.50. The normalized spacial score (nSPS) is 11.2. The van der Waals surface area contributed by atoms with Gasteiger partial charge in [-0.25, -0.2) is 13.4 Å². The zero-order valence-corrected chi connectivity index (χ0v) is 12.7. The smallest absolute Gasteiger partial charge is 0.262 e. The van der Waals surface area contributed by atoms with Crippen LogP contribution in [0.4, 0.5) is 11.5 Å². The molecule has 0 unspecified atom stereocenters. The summed E-state index contributed by atoms with van der Waals surface area (Å²) < 4.78 is 27.0. The Bertz CT molecular complexity index is 715. The number of pyridine rings is 1. The van der Waals surface area contributed by atoms with Gasteiger partial charge in [-0.15, -0.1) is 0 Å². The summed E-state index contributed by atoms with van der Waals surface area (Å²) in [5, 5.41) is 3.22. The van der Waals surface area contributed by atoms with E-state index in [1.54, 1.807) is 25.2 Å². The molecule has 0 bridgehead atoms. The number of anilines is 2. The fourth-order valence-electron chi connectivity index (χ4n) is 1.50. The average molecular weight is 332 g/mol. The molecule has 0 fully saturated rings. The number of halogens is 2. The Morgan fingerprint density at radius 1 is 1.15 bits per heavy atom. The van der Waals surface area contributed by atoms with Gasteiger partial charge >= 0.3 is 0 Å². The number of aromatic nitrogens is 1. The molecule has 8 heteroatoms. The number of sulfonamides is 1. The number of hydrogen-bond acceptors (Lipinski definition) is 4. The molecule has 106 valence electrons. The Morgan fingerprint density at radius 2 is 1.80 bits per heavy atom. The van der Waals surface area contributed by atoms with E-state index in [4.69, 9.17) is 23.2 Å². The van der Waals surface area contributed by atoms with E-state index >= 15 is 0 Å². The minimum atomic E-state index is -3.79. The number of rotatable bonds is 4. The van der Waals surface area contributed by atoms with E-state index in [0.29, 0.717) is 5.82 Å². The third-order valence-electron chi connectivity index (χ3n) is 2.50. The molecular formula is C12H11Cl2N3O2S. The van der Waals surface area contributed by atoms with Gasteiger partial charge in [-0.1, -0.05) is 29.3 Å². The van der Waals surface area contributed by atoms with Crippen LogP contribution in [0.3, 0.4) is 0 Å². The first-order valence-electron chi connectivity index (χ1n) is 5.54. The van der Waals surface area contributed by atoms with E-state index in [-0.39, 0.29) is 20.6 Å². The molecule has 0 saturated carbocycles. The lowest BCUT2D eigenvalue weighted by molar-refractivity contribution is 0.601. The van der Waals surface area contributed by atoms with Crippen molar-refractivity contribution in [1.29, 1.82) is 0 Å². The van der Waals surface area contributed by atoms with Crippen molar-refractivity contribution in [2.24, 2.45) is 0 Å². The first kappa shape index (κ1) is 14.9. The maximum Gasteiger partial charge on any atom is 0.262 e. The summed E-state index contributed by atoms with van der Waals surface area (Å²) in [6.45, 7) is 0. The molecule has 0 aliphatic heterocycles. The fourth-order valence-corrected chi connectivity index (χ4v) is 3.22. The second-order valence-corrected chi connectivity index (χ2v) is 6.33. The predicted octanol–water partition coefficient (Wildman–Crippen LogP) is 3.23.